The minimum absolute atomic E-state index is 0.0232. The van der Waals surface area contributed by atoms with Crippen molar-refractivity contribution in [2.75, 3.05) is 17.9 Å². The molecule has 4 atom stereocenters. The third kappa shape index (κ3) is 5.03. The largest absolute Gasteiger partial charge is 0.366 e. The summed E-state index contributed by atoms with van der Waals surface area (Å²) in [6.07, 6.45) is 1.99. The van der Waals surface area contributed by atoms with Crippen molar-refractivity contribution in [3.8, 4) is 0 Å². The lowest BCUT2D eigenvalue weighted by Crippen LogP contribution is -2.38. The van der Waals surface area contributed by atoms with Crippen molar-refractivity contribution < 1.29 is 38.1 Å². The molecule has 2 N–H and O–H groups in total. The topological polar surface area (TPSA) is 158 Å². The van der Waals surface area contributed by atoms with Crippen molar-refractivity contribution in [1.82, 2.24) is 19.7 Å². The third-order valence-electron chi connectivity index (χ3n) is 6.57. The summed E-state index contributed by atoms with van der Waals surface area (Å²) in [5, 5.41) is 5.01. The molecule has 15 heteroatoms. The molecule has 1 aliphatic carbocycles. The van der Waals surface area contributed by atoms with Crippen LogP contribution in [0.25, 0.3) is 11.0 Å². The highest BCUT2D eigenvalue weighted by Gasteiger charge is 2.56. The van der Waals surface area contributed by atoms with Crippen LogP contribution in [0.15, 0.2) is 6.20 Å². The Balaban J connectivity index is 1.49. The van der Waals surface area contributed by atoms with E-state index in [1.54, 1.807) is 24.9 Å². The van der Waals surface area contributed by atoms with E-state index < -0.39 is 44.3 Å². The summed E-state index contributed by atoms with van der Waals surface area (Å²) in [5.41, 5.74) is 0.364. The summed E-state index contributed by atoms with van der Waals surface area (Å²) in [4.78, 5) is 41.3. The molecule has 4 heterocycles. The lowest BCUT2D eigenvalue weighted by atomic mass is 10.1. The summed E-state index contributed by atoms with van der Waals surface area (Å²) in [7, 11) is -4.34. The summed E-state index contributed by atoms with van der Waals surface area (Å²) in [6.45, 7) is 4.91. The molecule has 3 fully saturated rings. The maximum atomic E-state index is 12.6. The average Bonchev–Trinajstić information content (AvgIpc) is 3.52. The number of hydrogen-bond acceptors (Lipinski definition) is 9. The predicted octanol–water partition coefficient (Wildman–Crippen LogP) is 2.34. The molecule has 2 aliphatic heterocycles. The second kappa shape index (κ2) is 9.55. The molecule has 3 aliphatic rings. The van der Waals surface area contributed by atoms with Crippen LogP contribution in [0.1, 0.15) is 52.7 Å². The van der Waals surface area contributed by atoms with Crippen LogP contribution < -0.4 is 4.90 Å². The van der Waals surface area contributed by atoms with E-state index in [9.17, 15) is 9.36 Å². The maximum absolute atomic E-state index is 12.6. The van der Waals surface area contributed by atoms with Gasteiger partial charge in [0.1, 0.15) is 24.7 Å². The minimum atomic E-state index is -4.34. The SMILES string of the molecule is CC(=O)N(c1nc(Cl)nc2c1cnn2[C@@H]1O[C@H](COCP(=O)(O)O)[C@H]2OC(C)(C)O[C@H]21)C1CCCC1. The number of fused-ring (bicyclic) bond motifs is 2. The molecule has 36 heavy (non-hydrogen) atoms. The normalized spacial score (nSPS) is 28.2. The number of hydrogen-bond donors (Lipinski definition) is 2. The summed E-state index contributed by atoms with van der Waals surface area (Å²) in [6, 6.07) is 0.0232. The lowest BCUT2D eigenvalue weighted by Gasteiger charge is -2.27. The van der Waals surface area contributed by atoms with Gasteiger partial charge in [-0.25, -0.2) is 4.68 Å². The Bertz CT molecular complexity index is 1200. The molecule has 2 saturated heterocycles. The van der Waals surface area contributed by atoms with Crippen molar-refractivity contribution in [1.29, 1.82) is 0 Å². The van der Waals surface area contributed by atoms with Gasteiger partial charge in [0.25, 0.3) is 0 Å². The molecular formula is C21H29ClN5O8P. The molecule has 0 radical (unpaired) electrons. The standard InChI is InChI=1S/C21H29ClN5O8P/c1-11(28)26(12-6-4-5-7-12)17-13-8-23-27(18(13)25-20(22)24-17)19-16-15(34-21(2,3)35-16)14(33-19)9-32-10-36(29,30)31/h8,12,14-16,19H,4-7,9-10H2,1-3H3,(H2,29,30,31)/t14-,15-,16-,19-/m1/s1. The Morgan fingerprint density at radius 3 is 2.64 bits per heavy atom. The van der Waals surface area contributed by atoms with Crippen molar-refractivity contribution in [2.24, 2.45) is 0 Å². The zero-order valence-electron chi connectivity index (χ0n) is 20.1. The van der Waals surface area contributed by atoms with Crippen LogP contribution in [0.5, 0.6) is 0 Å². The number of ether oxygens (including phenoxy) is 4. The molecule has 5 rings (SSSR count). The monoisotopic (exact) mass is 545 g/mol. The number of nitrogens with zero attached hydrogens (tertiary/aromatic N) is 5. The number of rotatable bonds is 7. The van der Waals surface area contributed by atoms with Crippen molar-refractivity contribution in [3.63, 3.8) is 0 Å². The number of halogens is 1. The van der Waals surface area contributed by atoms with E-state index in [1.807, 2.05) is 0 Å². The minimum Gasteiger partial charge on any atom is -0.366 e. The Hall–Kier alpha value is -1.70. The Morgan fingerprint density at radius 1 is 1.28 bits per heavy atom. The Kier molecular flexibility index (Phi) is 6.88. The molecule has 0 spiro atoms. The number of aromatic nitrogens is 4. The Labute approximate surface area is 212 Å². The zero-order valence-corrected chi connectivity index (χ0v) is 21.8. The second-order valence-electron chi connectivity index (χ2n) is 9.76. The first-order chi connectivity index (χ1) is 16.9. The number of amides is 1. The first kappa shape index (κ1) is 25.9. The van der Waals surface area contributed by atoms with Gasteiger partial charge in [-0.3, -0.25) is 14.3 Å². The fourth-order valence-electron chi connectivity index (χ4n) is 5.27. The van der Waals surface area contributed by atoms with Crippen LogP contribution in [0, 0.1) is 0 Å². The van der Waals surface area contributed by atoms with E-state index in [1.165, 1.54) is 11.6 Å². The smallest absolute Gasteiger partial charge is 0.350 e. The summed E-state index contributed by atoms with van der Waals surface area (Å²) >= 11 is 6.32. The summed E-state index contributed by atoms with van der Waals surface area (Å²) in [5.74, 6) is -0.664. The van der Waals surface area contributed by atoms with Crippen molar-refractivity contribution >= 4 is 42.0 Å². The van der Waals surface area contributed by atoms with Crippen LogP contribution in [-0.4, -0.2) is 78.5 Å². The Morgan fingerprint density at radius 2 is 1.97 bits per heavy atom. The third-order valence-corrected chi connectivity index (χ3v) is 7.26. The zero-order chi connectivity index (χ0) is 25.8. The van der Waals surface area contributed by atoms with E-state index in [0.29, 0.717) is 16.9 Å². The molecule has 2 aromatic heterocycles. The first-order valence-electron chi connectivity index (χ1n) is 11.8. The molecule has 0 unspecified atom stereocenters. The molecular weight excluding hydrogens is 517 g/mol. The van der Waals surface area contributed by atoms with Crippen LogP contribution >= 0.6 is 19.2 Å². The fraction of sp³-hybridized carbons (Fsp3) is 0.714. The van der Waals surface area contributed by atoms with Gasteiger partial charge < -0.3 is 28.7 Å². The highest BCUT2D eigenvalue weighted by molar-refractivity contribution is 7.51. The van der Waals surface area contributed by atoms with Gasteiger partial charge in [0, 0.05) is 13.0 Å². The molecule has 1 amide bonds. The molecule has 2 aromatic rings. The number of carbonyl (C=O) groups is 1. The van der Waals surface area contributed by atoms with E-state index in [2.05, 4.69) is 15.1 Å². The van der Waals surface area contributed by atoms with Gasteiger partial charge in [0.05, 0.1) is 18.2 Å². The van der Waals surface area contributed by atoms with Gasteiger partial charge in [-0.05, 0) is 38.3 Å². The first-order valence-corrected chi connectivity index (χ1v) is 13.9. The van der Waals surface area contributed by atoms with Gasteiger partial charge in [0.15, 0.2) is 23.5 Å². The number of carbonyl (C=O) groups excluding carboxylic acids is 1. The highest BCUT2D eigenvalue weighted by atomic mass is 35.5. The molecule has 0 bridgehead atoms. The molecule has 198 valence electrons. The van der Waals surface area contributed by atoms with Crippen molar-refractivity contribution in [3.05, 3.63) is 11.5 Å². The average molecular weight is 546 g/mol. The lowest BCUT2D eigenvalue weighted by molar-refractivity contribution is -0.202. The molecule has 0 aromatic carbocycles. The van der Waals surface area contributed by atoms with Gasteiger partial charge in [-0.15, -0.1) is 0 Å². The van der Waals surface area contributed by atoms with E-state index in [-0.39, 0.29) is 23.8 Å². The van der Waals surface area contributed by atoms with Gasteiger partial charge >= 0.3 is 7.60 Å². The number of anilines is 1. The van der Waals surface area contributed by atoms with Crippen molar-refractivity contribution in [2.45, 2.75) is 82.8 Å². The quantitative estimate of drug-likeness (QED) is 0.388. The highest BCUT2D eigenvalue weighted by Crippen LogP contribution is 2.45. The molecule has 1 saturated carbocycles. The van der Waals surface area contributed by atoms with E-state index in [4.69, 9.17) is 40.3 Å². The van der Waals surface area contributed by atoms with Gasteiger partial charge in [0.2, 0.25) is 11.2 Å². The fourth-order valence-corrected chi connectivity index (χ4v) is 5.78. The predicted molar refractivity (Wildman–Crippen MR) is 126 cm³/mol. The van der Waals surface area contributed by atoms with Gasteiger partial charge in [-0.1, -0.05) is 12.8 Å². The summed E-state index contributed by atoms with van der Waals surface area (Å²) < 4.78 is 36.2. The van der Waals surface area contributed by atoms with Crippen LogP contribution in [0.3, 0.4) is 0 Å². The maximum Gasteiger partial charge on any atom is 0.350 e. The van der Waals surface area contributed by atoms with Crippen LogP contribution in [-0.2, 0) is 28.3 Å². The van der Waals surface area contributed by atoms with Gasteiger partial charge in [-0.2, -0.15) is 15.1 Å². The van der Waals surface area contributed by atoms with Crippen LogP contribution in [0.2, 0.25) is 5.28 Å². The molecule has 13 nitrogen and oxygen atoms in total. The van der Waals surface area contributed by atoms with Crippen LogP contribution in [0.4, 0.5) is 5.82 Å². The van der Waals surface area contributed by atoms with E-state index in [0.717, 1.165) is 25.7 Å². The second-order valence-corrected chi connectivity index (χ2v) is 11.7. The van der Waals surface area contributed by atoms with E-state index >= 15 is 0 Å².